The molecule has 2 aromatic rings. The Hall–Kier alpha value is -3.03. The first kappa shape index (κ1) is 20.3. The lowest BCUT2D eigenvalue weighted by Gasteiger charge is -2.21. The Bertz CT molecular complexity index is 805. The molecule has 0 atom stereocenters. The Morgan fingerprint density at radius 2 is 1.70 bits per heavy atom. The molecule has 0 radical (unpaired) electrons. The zero-order valence-electron chi connectivity index (χ0n) is 14.8. The number of amides is 2. The van der Waals surface area contributed by atoms with Gasteiger partial charge in [-0.1, -0.05) is 12.1 Å². The molecule has 0 heterocycles. The summed E-state index contributed by atoms with van der Waals surface area (Å²) in [4.78, 5) is 25.4. The van der Waals surface area contributed by atoms with Gasteiger partial charge in [-0.15, -0.1) is 0 Å². The average molecular weight is 380 g/mol. The first-order valence-electron chi connectivity index (χ1n) is 8.10. The molecular formula is C19H19F3N2O3. The van der Waals surface area contributed by atoms with Crippen LogP contribution in [0.1, 0.15) is 18.9 Å². The molecule has 1 N–H and O–H groups in total. The Morgan fingerprint density at radius 1 is 1.07 bits per heavy atom. The molecule has 0 saturated heterocycles. The van der Waals surface area contributed by atoms with E-state index in [4.69, 9.17) is 4.74 Å². The summed E-state index contributed by atoms with van der Waals surface area (Å²) < 4.78 is 44.0. The topological polar surface area (TPSA) is 58.6 Å². The molecule has 0 spiro atoms. The van der Waals surface area contributed by atoms with Gasteiger partial charge in [0.1, 0.15) is 5.75 Å². The monoisotopic (exact) mass is 380 g/mol. The lowest BCUT2D eigenvalue weighted by Crippen LogP contribution is -2.32. The smallest absolute Gasteiger partial charge is 0.418 e. The average Bonchev–Trinajstić information content (AvgIpc) is 2.61. The van der Waals surface area contributed by atoms with Crippen LogP contribution in [0.2, 0.25) is 0 Å². The largest absolute Gasteiger partial charge is 0.497 e. The van der Waals surface area contributed by atoms with Crippen LogP contribution in [0.5, 0.6) is 5.75 Å². The molecule has 2 aromatic carbocycles. The third kappa shape index (κ3) is 5.47. The molecule has 0 aliphatic heterocycles. The Balaban J connectivity index is 2.06. The van der Waals surface area contributed by atoms with Crippen molar-refractivity contribution in [1.82, 2.24) is 0 Å². The first-order chi connectivity index (χ1) is 12.7. The number of benzene rings is 2. The Morgan fingerprint density at radius 3 is 2.26 bits per heavy atom. The number of rotatable bonds is 6. The number of alkyl halides is 3. The van der Waals surface area contributed by atoms with Gasteiger partial charge in [0.15, 0.2) is 0 Å². The van der Waals surface area contributed by atoms with Crippen molar-refractivity contribution < 1.29 is 27.5 Å². The van der Waals surface area contributed by atoms with E-state index in [0.29, 0.717) is 11.4 Å². The van der Waals surface area contributed by atoms with Crippen LogP contribution in [0, 0.1) is 0 Å². The van der Waals surface area contributed by atoms with Crippen molar-refractivity contribution >= 4 is 23.2 Å². The molecule has 0 bridgehead atoms. The van der Waals surface area contributed by atoms with Crippen molar-refractivity contribution in [2.75, 3.05) is 23.9 Å². The fourth-order valence-corrected chi connectivity index (χ4v) is 2.50. The van der Waals surface area contributed by atoms with Crippen molar-refractivity contribution in [3.63, 3.8) is 0 Å². The summed E-state index contributed by atoms with van der Waals surface area (Å²) in [6.45, 7) is 1.38. The number of halogens is 3. The number of hydrogen-bond donors (Lipinski definition) is 1. The molecule has 2 amide bonds. The third-order valence-corrected chi connectivity index (χ3v) is 3.83. The number of nitrogens with zero attached hydrogens (tertiary/aromatic N) is 1. The lowest BCUT2D eigenvalue weighted by atomic mass is 10.1. The second-order valence-electron chi connectivity index (χ2n) is 5.71. The number of methoxy groups -OCH3 is 1. The molecule has 144 valence electrons. The van der Waals surface area contributed by atoms with Crippen LogP contribution in [0.25, 0.3) is 0 Å². The van der Waals surface area contributed by atoms with Crippen molar-refractivity contribution in [3.8, 4) is 5.75 Å². The van der Waals surface area contributed by atoms with E-state index in [1.807, 2.05) is 0 Å². The maximum absolute atomic E-state index is 13.0. The van der Waals surface area contributed by atoms with E-state index in [1.165, 1.54) is 37.1 Å². The summed E-state index contributed by atoms with van der Waals surface area (Å²) in [5.74, 6) is -0.293. The summed E-state index contributed by atoms with van der Waals surface area (Å²) in [5.41, 5.74) is -0.669. The fraction of sp³-hybridized carbons (Fsp3) is 0.263. The molecule has 0 unspecified atom stereocenters. The van der Waals surface area contributed by atoms with E-state index in [2.05, 4.69) is 5.32 Å². The SMILES string of the molecule is COc1ccc(N(CCC(=O)Nc2ccccc2C(F)(F)F)C(C)=O)cc1. The highest BCUT2D eigenvalue weighted by molar-refractivity contribution is 5.95. The van der Waals surface area contributed by atoms with Crippen molar-refractivity contribution in [2.24, 2.45) is 0 Å². The van der Waals surface area contributed by atoms with Gasteiger partial charge in [0.05, 0.1) is 18.4 Å². The summed E-state index contributed by atoms with van der Waals surface area (Å²) >= 11 is 0. The number of para-hydroxylation sites is 1. The fourth-order valence-electron chi connectivity index (χ4n) is 2.50. The van der Waals surface area contributed by atoms with Gasteiger partial charge in [0.25, 0.3) is 0 Å². The highest BCUT2D eigenvalue weighted by atomic mass is 19.4. The molecule has 0 saturated carbocycles. The number of carbonyl (C=O) groups is 2. The second kappa shape index (κ2) is 8.57. The van der Waals surface area contributed by atoms with E-state index in [1.54, 1.807) is 24.3 Å². The van der Waals surface area contributed by atoms with Gasteiger partial charge >= 0.3 is 6.18 Å². The van der Waals surface area contributed by atoms with Crippen LogP contribution in [0.15, 0.2) is 48.5 Å². The maximum atomic E-state index is 13.0. The Kier molecular flexibility index (Phi) is 6.44. The van der Waals surface area contributed by atoms with E-state index < -0.39 is 17.6 Å². The minimum Gasteiger partial charge on any atom is -0.497 e. The van der Waals surface area contributed by atoms with Crippen molar-refractivity contribution in [3.05, 3.63) is 54.1 Å². The quantitative estimate of drug-likeness (QED) is 0.821. The third-order valence-electron chi connectivity index (χ3n) is 3.83. The van der Waals surface area contributed by atoms with E-state index in [0.717, 1.165) is 6.07 Å². The minimum absolute atomic E-state index is 0.0294. The number of carbonyl (C=O) groups excluding carboxylic acids is 2. The summed E-state index contributed by atoms with van der Waals surface area (Å²) in [6.07, 6.45) is -4.73. The number of nitrogens with one attached hydrogen (secondary N) is 1. The van der Waals surface area contributed by atoms with Gasteiger partial charge in [-0.05, 0) is 36.4 Å². The highest BCUT2D eigenvalue weighted by Gasteiger charge is 2.33. The zero-order valence-corrected chi connectivity index (χ0v) is 14.8. The van der Waals surface area contributed by atoms with Crippen LogP contribution >= 0.6 is 0 Å². The van der Waals surface area contributed by atoms with Gasteiger partial charge in [-0.25, -0.2) is 0 Å². The molecule has 0 aliphatic rings. The van der Waals surface area contributed by atoms with Crippen LogP contribution in [-0.4, -0.2) is 25.5 Å². The van der Waals surface area contributed by atoms with Gasteiger partial charge in [-0.2, -0.15) is 13.2 Å². The standard InChI is InChI=1S/C19H19F3N2O3/c1-13(25)24(14-7-9-15(27-2)10-8-14)12-11-18(26)23-17-6-4-3-5-16(17)19(20,21)22/h3-10H,11-12H2,1-2H3,(H,23,26). The van der Waals surface area contributed by atoms with E-state index in [-0.39, 0.29) is 24.6 Å². The predicted molar refractivity (Wildman–Crippen MR) is 95.7 cm³/mol. The van der Waals surface area contributed by atoms with Crippen LogP contribution in [-0.2, 0) is 15.8 Å². The molecular weight excluding hydrogens is 361 g/mol. The van der Waals surface area contributed by atoms with Crippen molar-refractivity contribution in [1.29, 1.82) is 0 Å². The van der Waals surface area contributed by atoms with Crippen LogP contribution < -0.4 is 15.0 Å². The molecule has 0 aliphatic carbocycles. The Labute approximate surface area is 154 Å². The highest BCUT2D eigenvalue weighted by Crippen LogP contribution is 2.34. The summed E-state index contributed by atoms with van der Waals surface area (Å²) in [6, 6.07) is 11.4. The number of anilines is 2. The molecule has 5 nitrogen and oxygen atoms in total. The normalized spacial score (nSPS) is 11.0. The molecule has 0 fully saturated rings. The number of ether oxygens (including phenoxy) is 1. The van der Waals surface area contributed by atoms with E-state index in [9.17, 15) is 22.8 Å². The van der Waals surface area contributed by atoms with Crippen molar-refractivity contribution in [2.45, 2.75) is 19.5 Å². The number of hydrogen-bond acceptors (Lipinski definition) is 3. The molecule has 27 heavy (non-hydrogen) atoms. The zero-order chi connectivity index (χ0) is 20.0. The van der Waals surface area contributed by atoms with Crippen LogP contribution in [0.4, 0.5) is 24.5 Å². The van der Waals surface area contributed by atoms with Gasteiger partial charge in [0, 0.05) is 25.6 Å². The molecule has 0 aromatic heterocycles. The first-order valence-corrected chi connectivity index (χ1v) is 8.10. The predicted octanol–water partition coefficient (Wildman–Crippen LogP) is 4.10. The lowest BCUT2D eigenvalue weighted by molar-refractivity contribution is -0.137. The van der Waals surface area contributed by atoms with Gasteiger partial charge in [-0.3, -0.25) is 9.59 Å². The second-order valence-corrected chi connectivity index (χ2v) is 5.71. The molecule has 2 rings (SSSR count). The summed E-state index contributed by atoms with van der Waals surface area (Å²) in [7, 11) is 1.51. The van der Waals surface area contributed by atoms with Gasteiger partial charge in [0.2, 0.25) is 11.8 Å². The van der Waals surface area contributed by atoms with Crippen LogP contribution in [0.3, 0.4) is 0 Å². The minimum atomic E-state index is -4.57. The maximum Gasteiger partial charge on any atom is 0.418 e. The van der Waals surface area contributed by atoms with Gasteiger partial charge < -0.3 is 15.0 Å². The van der Waals surface area contributed by atoms with E-state index >= 15 is 0 Å². The molecule has 8 heteroatoms. The summed E-state index contributed by atoms with van der Waals surface area (Å²) in [5, 5.41) is 2.26.